The number of nitrogens with one attached hydrogen (secondary N) is 1. The van der Waals surface area contributed by atoms with Gasteiger partial charge in [0.15, 0.2) is 0 Å². The molecule has 0 atom stereocenters. The first kappa shape index (κ1) is 6.80. The molecule has 0 aromatic rings. The number of allylic oxidation sites excluding steroid dienone is 1. The van der Waals surface area contributed by atoms with Gasteiger partial charge in [0.25, 0.3) is 5.91 Å². The Hall–Kier alpha value is -1.32. The van der Waals surface area contributed by atoms with Crippen molar-refractivity contribution in [3.8, 4) is 0 Å². The standard InChI is InChI=1S/C6H7NO3/c1-3(8)4-2-5(9)7-6(4)10/h8H,2H2,1H3,(H,7,9,10). The van der Waals surface area contributed by atoms with E-state index in [0.717, 1.165) is 0 Å². The van der Waals surface area contributed by atoms with Gasteiger partial charge in [-0.25, -0.2) is 0 Å². The summed E-state index contributed by atoms with van der Waals surface area (Å²) in [4.78, 5) is 21.2. The molecule has 10 heavy (non-hydrogen) atoms. The molecule has 1 saturated heterocycles. The van der Waals surface area contributed by atoms with Gasteiger partial charge < -0.3 is 5.11 Å². The number of hydrogen-bond donors (Lipinski definition) is 2. The van der Waals surface area contributed by atoms with Crippen LogP contribution >= 0.6 is 0 Å². The zero-order valence-corrected chi connectivity index (χ0v) is 5.47. The maximum atomic E-state index is 10.7. The van der Waals surface area contributed by atoms with Crippen LogP contribution in [-0.2, 0) is 9.59 Å². The lowest BCUT2D eigenvalue weighted by Gasteiger charge is -1.91. The molecule has 0 bridgehead atoms. The van der Waals surface area contributed by atoms with E-state index in [0.29, 0.717) is 0 Å². The molecule has 1 aliphatic heterocycles. The van der Waals surface area contributed by atoms with Crippen LogP contribution in [0.5, 0.6) is 0 Å². The van der Waals surface area contributed by atoms with E-state index in [2.05, 4.69) is 5.32 Å². The lowest BCUT2D eigenvalue weighted by molar-refractivity contribution is -0.124. The van der Waals surface area contributed by atoms with Gasteiger partial charge in [0, 0.05) is 0 Å². The minimum absolute atomic E-state index is 0.00116. The Bertz CT molecular complexity index is 225. The fraction of sp³-hybridized carbons (Fsp3) is 0.333. The van der Waals surface area contributed by atoms with Crippen molar-refractivity contribution in [2.24, 2.45) is 0 Å². The molecule has 2 N–H and O–H groups in total. The van der Waals surface area contributed by atoms with E-state index in [1.807, 2.05) is 0 Å². The van der Waals surface area contributed by atoms with Crippen LogP contribution in [0, 0.1) is 0 Å². The molecular formula is C6H7NO3. The van der Waals surface area contributed by atoms with Crippen LogP contribution < -0.4 is 5.32 Å². The Labute approximate surface area is 57.5 Å². The minimum Gasteiger partial charge on any atom is -0.512 e. The summed E-state index contributed by atoms with van der Waals surface area (Å²) in [5.74, 6) is -0.915. The second-order valence-corrected chi connectivity index (χ2v) is 2.12. The van der Waals surface area contributed by atoms with Gasteiger partial charge in [0.05, 0.1) is 17.8 Å². The Morgan fingerprint density at radius 2 is 2.20 bits per heavy atom. The van der Waals surface area contributed by atoms with E-state index < -0.39 is 5.91 Å². The van der Waals surface area contributed by atoms with Crippen LogP contribution in [0.4, 0.5) is 0 Å². The molecule has 4 nitrogen and oxygen atoms in total. The molecule has 0 aliphatic carbocycles. The zero-order valence-electron chi connectivity index (χ0n) is 5.47. The third-order valence-corrected chi connectivity index (χ3v) is 1.30. The lowest BCUT2D eigenvalue weighted by atomic mass is 10.2. The third kappa shape index (κ3) is 1.00. The molecule has 1 heterocycles. The average molecular weight is 141 g/mol. The molecule has 0 saturated carbocycles. The van der Waals surface area contributed by atoms with Crippen molar-refractivity contribution in [2.45, 2.75) is 13.3 Å². The second-order valence-electron chi connectivity index (χ2n) is 2.12. The van der Waals surface area contributed by atoms with Gasteiger partial charge >= 0.3 is 0 Å². The van der Waals surface area contributed by atoms with Crippen LogP contribution in [0.1, 0.15) is 13.3 Å². The average Bonchev–Trinajstić information content (AvgIpc) is 2.10. The molecule has 0 aromatic heterocycles. The molecule has 2 amide bonds. The molecule has 0 unspecified atom stereocenters. The van der Waals surface area contributed by atoms with Crippen molar-refractivity contribution in [1.82, 2.24) is 5.32 Å². The highest BCUT2D eigenvalue weighted by atomic mass is 16.3. The number of carbonyl (C=O) groups is 2. The molecule has 1 aliphatic rings. The lowest BCUT2D eigenvalue weighted by Crippen LogP contribution is -2.19. The maximum absolute atomic E-state index is 10.7. The van der Waals surface area contributed by atoms with Gasteiger partial charge in [-0.05, 0) is 6.92 Å². The number of imide groups is 1. The number of carbonyl (C=O) groups excluding carboxylic acids is 2. The van der Waals surface area contributed by atoms with E-state index in [-0.39, 0.29) is 23.7 Å². The smallest absolute Gasteiger partial charge is 0.257 e. The van der Waals surface area contributed by atoms with Gasteiger partial charge in [-0.15, -0.1) is 0 Å². The summed E-state index contributed by atoms with van der Waals surface area (Å²) in [6.07, 6.45) is 0.00116. The summed E-state index contributed by atoms with van der Waals surface area (Å²) in [5.41, 5.74) is 0.171. The quantitative estimate of drug-likeness (QED) is 0.280. The number of aliphatic hydroxyl groups excluding tert-OH is 1. The normalized spacial score (nSPS) is 22.9. The molecule has 0 radical (unpaired) electrons. The second kappa shape index (κ2) is 2.13. The van der Waals surface area contributed by atoms with E-state index >= 15 is 0 Å². The summed E-state index contributed by atoms with van der Waals surface area (Å²) in [6, 6.07) is 0. The summed E-state index contributed by atoms with van der Waals surface area (Å²) in [7, 11) is 0. The molecule has 0 spiro atoms. The van der Waals surface area contributed by atoms with Gasteiger partial charge in [0.2, 0.25) is 5.91 Å². The first-order valence-corrected chi connectivity index (χ1v) is 2.84. The minimum atomic E-state index is -0.481. The summed E-state index contributed by atoms with van der Waals surface area (Å²) in [6.45, 7) is 1.38. The third-order valence-electron chi connectivity index (χ3n) is 1.30. The van der Waals surface area contributed by atoms with Crippen LogP contribution in [0.25, 0.3) is 0 Å². The maximum Gasteiger partial charge on any atom is 0.257 e. The Morgan fingerprint density at radius 1 is 1.60 bits per heavy atom. The first-order valence-electron chi connectivity index (χ1n) is 2.84. The molecule has 1 fully saturated rings. The summed E-state index contributed by atoms with van der Waals surface area (Å²) in [5, 5.41) is 10.9. The van der Waals surface area contributed by atoms with E-state index in [4.69, 9.17) is 5.11 Å². The number of rotatable bonds is 0. The highest BCUT2D eigenvalue weighted by Gasteiger charge is 2.25. The number of hydrogen-bond acceptors (Lipinski definition) is 3. The molecule has 1 rings (SSSR count). The largest absolute Gasteiger partial charge is 0.512 e. The fourth-order valence-corrected chi connectivity index (χ4v) is 0.779. The van der Waals surface area contributed by atoms with Gasteiger partial charge in [-0.3, -0.25) is 14.9 Å². The summed E-state index contributed by atoms with van der Waals surface area (Å²) >= 11 is 0. The van der Waals surface area contributed by atoms with Crippen molar-refractivity contribution < 1.29 is 14.7 Å². The Balaban J connectivity index is 2.93. The molecular weight excluding hydrogens is 134 g/mol. The summed E-state index contributed by atoms with van der Waals surface area (Å²) < 4.78 is 0. The fourth-order valence-electron chi connectivity index (χ4n) is 0.779. The van der Waals surface area contributed by atoms with Crippen LogP contribution in [0.15, 0.2) is 11.3 Å². The van der Waals surface area contributed by atoms with E-state index in [9.17, 15) is 9.59 Å². The number of amides is 2. The highest BCUT2D eigenvalue weighted by molar-refractivity contribution is 6.13. The first-order chi connectivity index (χ1) is 4.61. The number of aliphatic hydroxyl groups is 1. The van der Waals surface area contributed by atoms with Gasteiger partial charge in [-0.1, -0.05) is 0 Å². The van der Waals surface area contributed by atoms with E-state index in [1.165, 1.54) is 6.92 Å². The van der Waals surface area contributed by atoms with Gasteiger partial charge in [0.1, 0.15) is 0 Å². The van der Waals surface area contributed by atoms with Crippen molar-refractivity contribution in [3.05, 3.63) is 11.3 Å². The Morgan fingerprint density at radius 3 is 2.40 bits per heavy atom. The topological polar surface area (TPSA) is 66.4 Å². The van der Waals surface area contributed by atoms with Crippen molar-refractivity contribution >= 4 is 11.8 Å². The van der Waals surface area contributed by atoms with Crippen molar-refractivity contribution in [2.75, 3.05) is 0 Å². The van der Waals surface area contributed by atoms with Crippen LogP contribution in [0.3, 0.4) is 0 Å². The van der Waals surface area contributed by atoms with Gasteiger partial charge in [-0.2, -0.15) is 0 Å². The van der Waals surface area contributed by atoms with Crippen LogP contribution in [0.2, 0.25) is 0 Å². The molecule has 0 aromatic carbocycles. The molecule has 54 valence electrons. The Kier molecular flexibility index (Phi) is 1.45. The SMILES string of the molecule is CC(O)=C1CC(=O)NC1=O. The monoisotopic (exact) mass is 141 g/mol. The van der Waals surface area contributed by atoms with E-state index in [1.54, 1.807) is 0 Å². The highest BCUT2D eigenvalue weighted by Crippen LogP contribution is 2.11. The zero-order chi connectivity index (χ0) is 7.72. The van der Waals surface area contributed by atoms with Crippen LogP contribution in [-0.4, -0.2) is 16.9 Å². The predicted octanol–water partition coefficient (Wildman–Crippen LogP) is -0.135. The molecule has 4 heteroatoms. The predicted molar refractivity (Wildman–Crippen MR) is 33.1 cm³/mol. The van der Waals surface area contributed by atoms with Crippen molar-refractivity contribution in [3.63, 3.8) is 0 Å². The van der Waals surface area contributed by atoms with Crippen molar-refractivity contribution in [1.29, 1.82) is 0 Å².